The van der Waals surface area contributed by atoms with Crippen LogP contribution in [-0.2, 0) is 19.2 Å². The SMILES string of the molecule is Cc1cc(OC(=O)[C@@H]2CC(=O)N(c3ccccc3Cl)C2)ccc1N1C(=O)CCC1=O. The number of imide groups is 1. The van der Waals surface area contributed by atoms with Gasteiger partial charge in [-0.3, -0.25) is 24.1 Å². The van der Waals surface area contributed by atoms with E-state index in [9.17, 15) is 19.2 Å². The maximum absolute atomic E-state index is 12.6. The van der Waals surface area contributed by atoms with Crippen molar-refractivity contribution in [1.29, 1.82) is 0 Å². The Kier molecular flexibility index (Phi) is 5.30. The fraction of sp³-hybridized carbons (Fsp3) is 0.273. The molecule has 2 aromatic rings. The van der Waals surface area contributed by atoms with Gasteiger partial charge in [-0.25, -0.2) is 0 Å². The standard InChI is InChI=1S/C22H19ClN2O5/c1-13-10-15(6-7-17(13)25-19(26)8-9-20(25)27)30-22(29)14-11-21(28)24(12-14)18-5-3-2-4-16(18)23/h2-7,10,14H,8-9,11-12H2,1H3/t14-/m1/s1. The fourth-order valence-corrected chi connectivity index (χ4v) is 3.99. The van der Waals surface area contributed by atoms with Gasteiger partial charge in [-0.15, -0.1) is 0 Å². The number of para-hydroxylation sites is 1. The molecule has 0 aromatic heterocycles. The summed E-state index contributed by atoms with van der Waals surface area (Å²) >= 11 is 6.17. The summed E-state index contributed by atoms with van der Waals surface area (Å²) in [5, 5.41) is 0.442. The van der Waals surface area contributed by atoms with Crippen molar-refractivity contribution in [1.82, 2.24) is 0 Å². The smallest absolute Gasteiger partial charge is 0.316 e. The van der Waals surface area contributed by atoms with Crippen LogP contribution in [0, 0.1) is 12.8 Å². The molecule has 2 aliphatic rings. The Morgan fingerprint density at radius 1 is 1.00 bits per heavy atom. The number of rotatable bonds is 4. The van der Waals surface area contributed by atoms with Gasteiger partial charge >= 0.3 is 5.97 Å². The lowest BCUT2D eigenvalue weighted by Crippen LogP contribution is -2.29. The Hall–Kier alpha value is -3.19. The van der Waals surface area contributed by atoms with E-state index in [-0.39, 0.29) is 43.5 Å². The van der Waals surface area contributed by atoms with Crippen molar-refractivity contribution < 1.29 is 23.9 Å². The molecule has 1 atom stereocenters. The van der Waals surface area contributed by atoms with Crippen molar-refractivity contribution in [3.05, 3.63) is 53.1 Å². The highest BCUT2D eigenvalue weighted by atomic mass is 35.5. The molecule has 0 radical (unpaired) electrons. The van der Waals surface area contributed by atoms with Crippen molar-refractivity contribution in [3.8, 4) is 5.75 Å². The van der Waals surface area contributed by atoms with Gasteiger partial charge in [0.25, 0.3) is 0 Å². The molecule has 8 heteroatoms. The zero-order chi connectivity index (χ0) is 21.4. The van der Waals surface area contributed by atoms with Crippen LogP contribution in [-0.4, -0.2) is 30.2 Å². The van der Waals surface area contributed by atoms with Crippen molar-refractivity contribution in [2.75, 3.05) is 16.3 Å². The maximum Gasteiger partial charge on any atom is 0.316 e. The summed E-state index contributed by atoms with van der Waals surface area (Å²) in [7, 11) is 0. The molecule has 30 heavy (non-hydrogen) atoms. The van der Waals surface area contributed by atoms with Crippen LogP contribution in [0.3, 0.4) is 0 Å². The van der Waals surface area contributed by atoms with E-state index in [0.717, 1.165) is 4.90 Å². The van der Waals surface area contributed by atoms with Gasteiger partial charge in [-0.1, -0.05) is 23.7 Å². The first kappa shape index (κ1) is 20.1. The molecule has 2 aromatic carbocycles. The number of hydrogen-bond donors (Lipinski definition) is 0. The number of nitrogens with zero attached hydrogens (tertiary/aromatic N) is 2. The van der Waals surface area contributed by atoms with Gasteiger partial charge < -0.3 is 9.64 Å². The number of anilines is 2. The third-order valence-electron chi connectivity index (χ3n) is 5.28. The lowest BCUT2D eigenvalue weighted by Gasteiger charge is -2.18. The quantitative estimate of drug-likeness (QED) is 0.425. The first-order chi connectivity index (χ1) is 14.3. The Labute approximate surface area is 178 Å². The molecule has 7 nitrogen and oxygen atoms in total. The molecule has 2 heterocycles. The van der Waals surface area contributed by atoms with E-state index in [1.807, 2.05) is 0 Å². The van der Waals surface area contributed by atoms with Gasteiger partial charge in [0.1, 0.15) is 5.75 Å². The van der Waals surface area contributed by atoms with E-state index in [4.69, 9.17) is 16.3 Å². The number of aryl methyl sites for hydroxylation is 1. The first-order valence-corrected chi connectivity index (χ1v) is 9.96. The van der Waals surface area contributed by atoms with E-state index in [2.05, 4.69) is 0 Å². The third-order valence-corrected chi connectivity index (χ3v) is 5.60. The minimum atomic E-state index is -0.615. The molecule has 2 aliphatic heterocycles. The van der Waals surface area contributed by atoms with Crippen LogP contribution < -0.4 is 14.5 Å². The number of carbonyl (C=O) groups excluding carboxylic acids is 4. The maximum atomic E-state index is 12.6. The summed E-state index contributed by atoms with van der Waals surface area (Å²) in [6.45, 7) is 1.93. The molecule has 2 fully saturated rings. The fourth-order valence-electron chi connectivity index (χ4n) is 3.76. The second kappa shape index (κ2) is 7.91. The minimum absolute atomic E-state index is 0.0396. The van der Waals surface area contributed by atoms with Crippen molar-refractivity contribution >= 4 is 46.7 Å². The topological polar surface area (TPSA) is 84.0 Å². The lowest BCUT2D eigenvalue weighted by molar-refractivity contribution is -0.139. The second-order valence-electron chi connectivity index (χ2n) is 7.35. The largest absolute Gasteiger partial charge is 0.426 e. The van der Waals surface area contributed by atoms with Crippen LogP contribution in [0.25, 0.3) is 0 Å². The molecule has 3 amide bonds. The molecular formula is C22H19ClN2O5. The summed E-state index contributed by atoms with van der Waals surface area (Å²) < 4.78 is 5.47. The second-order valence-corrected chi connectivity index (χ2v) is 7.76. The summed E-state index contributed by atoms with van der Waals surface area (Å²) in [5.74, 6) is -1.51. The molecule has 0 bridgehead atoms. The molecule has 4 rings (SSSR count). The van der Waals surface area contributed by atoms with E-state index in [0.29, 0.717) is 27.7 Å². The average molecular weight is 427 g/mol. The highest BCUT2D eigenvalue weighted by molar-refractivity contribution is 6.33. The van der Waals surface area contributed by atoms with Gasteiger partial charge in [0.05, 0.1) is 22.3 Å². The molecular weight excluding hydrogens is 408 g/mol. The van der Waals surface area contributed by atoms with Crippen LogP contribution in [0.4, 0.5) is 11.4 Å². The Balaban J connectivity index is 1.46. The lowest BCUT2D eigenvalue weighted by atomic mass is 10.1. The average Bonchev–Trinajstić information content (AvgIpc) is 3.25. The number of carbonyl (C=O) groups is 4. The number of benzene rings is 2. The van der Waals surface area contributed by atoms with Gasteiger partial charge in [0.2, 0.25) is 17.7 Å². The van der Waals surface area contributed by atoms with Crippen LogP contribution in [0.2, 0.25) is 5.02 Å². The van der Waals surface area contributed by atoms with Crippen molar-refractivity contribution in [3.63, 3.8) is 0 Å². The molecule has 2 saturated heterocycles. The van der Waals surface area contributed by atoms with Crippen LogP contribution in [0.15, 0.2) is 42.5 Å². The summed E-state index contributed by atoms with van der Waals surface area (Å²) in [6.07, 6.45) is 0.442. The zero-order valence-corrected chi connectivity index (χ0v) is 17.0. The minimum Gasteiger partial charge on any atom is -0.426 e. The number of hydrogen-bond acceptors (Lipinski definition) is 5. The normalized spacial score (nSPS) is 19.0. The molecule has 0 saturated carbocycles. The predicted molar refractivity (Wildman–Crippen MR) is 110 cm³/mol. The molecule has 154 valence electrons. The van der Waals surface area contributed by atoms with Gasteiger partial charge in [0, 0.05) is 25.8 Å². The number of esters is 1. The predicted octanol–water partition coefficient (Wildman–Crippen LogP) is 3.26. The number of amides is 3. The van der Waals surface area contributed by atoms with Gasteiger partial charge in [-0.05, 0) is 42.8 Å². The summed E-state index contributed by atoms with van der Waals surface area (Å²) in [5.41, 5.74) is 1.70. The number of halogens is 1. The highest BCUT2D eigenvalue weighted by Gasteiger charge is 2.37. The summed E-state index contributed by atoms with van der Waals surface area (Å²) in [6, 6.07) is 11.7. The van der Waals surface area contributed by atoms with E-state index < -0.39 is 11.9 Å². The molecule has 0 aliphatic carbocycles. The third kappa shape index (κ3) is 3.68. The van der Waals surface area contributed by atoms with Crippen LogP contribution in [0.5, 0.6) is 5.75 Å². The Bertz CT molecular complexity index is 1050. The zero-order valence-electron chi connectivity index (χ0n) is 16.3. The van der Waals surface area contributed by atoms with E-state index in [1.54, 1.807) is 49.4 Å². The molecule has 0 unspecified atom stereocenters. The van der Waals surface area contributed by atoms with Crippen molar-refractivity contribution in [2.24, 2.45) is 5.92 Å². The van der Waals surface area contributed by atoms with Crippen LogP contribution in [0.1, 0.15) is 24.8 Å². The first-order valence-electron chi connectivity index (χ1n) is 9.58. The molecule has 0 spiro atoms. The van der Waals surface area contributed by atoms with Crippen LogP contribution >= 0.6 is 11.6 Å². The summed E-state index contributed by atoms with van der Waals surface area (Å²) in [4.78, 5) is 51.6. The monoisotopic (exact) mass is 426 g/mol. The Morgan fingerprint density at radius 3 is 2.37 bits per heavy atom. The van der Waals surface area contributed by atoms with Gasteiger partial charge in [-0.2, -0.15) is 0 Å². The number of ether oxygens (including phenoxy) is 1. The Morgan fingerprint density at radius 2 is 1.70 bits per heavy atom. The van der Waals surface area contributed by atoms with Crippen molar-refractivity contribution in [2.45, 2.75) is 26.2 Å². The molecule has 0 N–H and O–H groups in total. The highest BCUT2D eigenvalue weighted by Crippen LogP contribution is 2.33. The van der Waals surface area contributed by atoms with Gasteiger partial charge in [0.15, 0.2) is 0 Å². The van der Waals surface area contributed by atoms with E-state index >= 15 is 0 Å². The van der Waals surface area contributed by atoms with E-state index in [1.165, 1.54) is 4.90 Å².